The van der Waals surface area contributed by atoms with Crippen LogP contribution in [-0.2, 0) is 9.53 Å². The Balaban J connectivity index is 1.22. The summed E-state index contributed by atoms with van der Waals surface area (Å²) in [7, 11) is 1.45. The van der Waals surface area contributed by atoms with Crippen molar-refractivity contribution in [2.75, 3.05) is 37.4 Å². The number of ether oxygens (including phenoxy) is 2. The Morgan fingerprint density at radius 3 is 2.42 bits per heavy atom. The van der Waals surface area contributed by atoms with Gasteiger partial charge in [0.25, 0.3) is 0 Å². The smallest absolute Gasteiger partial charge is 0.411 e. The number of benzene rings is 3. The van der Waals surface area contributed by atoms with Gasteiger partial charge in [-0.2, -0.15) is 0 Å². The maximum atomic E-state index is 12.6. The summed E-state index contributed by atoms with van der Waals surface area (Å²) in [5, 5.41) is 5.93. The largest absolute Gasteiger partial charge is 0.496 e. The van der Waals surface area contributed by atoms with Gasteiger partial charge < -0.3 is 19.7 Å². The van der Waals surface area contributed by atoms with Crippen LogP contribution in [0.4, 0.5) is 16.2 Å². The highest BCUT2D eigenvalue weighted by Crippen LogP contribution is 2.30. The molecule has 198 valence electrons. The summed E-state index contributed by atoms with van der Waals surface area (Å²) >= 11 is 6.19. The van der Waals surface area contributed by atoms with Gasteiger partial charge in [-0.1, -0.05) is 60.1 Å². The summed E-state index contributed by atoms with van der Waals surface area (Å²) in [6.07, 6.45) is 1.63. The summed E-state index contributed by atoms with van der Waals surface area (Å²) in [5.41, 5.74) is 3.35. The Labute approximate surface area is 226 Å². The minimum absolute atomic E-state index is 0.188. The van der Waals surface area contributed by atoms with Gasteiger partial charge >= 0.3 is 6.09 Å². The summed E-state index contributed by atoms with van der Waals surface area (Å²) in [4.78, 5) is 38.4. The lowest BCUT2D eigenvalue weighted by molar-refractivity contribution is -0.116. The number of para-hydroxylation sites is 1. The van der Waals surface area contributed by atoms with Crippen LogP contribution in [0.15, 0.2) is 66.7 Å². The minimum atomic E-state index is -0.473. The number of hydrogen-bond acceptors (Lipinski definition) is 6. The number of carbonyl (C=O) groups excluding carboxylic acids is 3. The number of rotatable bonds is 9. The first-order chi connectivity index (χ1) is 18.5. The summed E-state index contributed by atoms with van der Waals surface area (Å²) in [6, 6.07) is 20.5. The molecule has 1 aliphatic rings. The van der Waals surface area contributed by atoms with Crippen LogP contribution in [0.25, 0.3) is 11.1 Å². The van der Waals surface area contributed by atoms with Gasteiger partial charge in [0.1, 0.15) is 11.9 Å². The van der Waals surface area contributed by atoms with E-state index in [0.717, 1.165) is 11.1 Å². The average Bonchev–Trinajstić information content (AvgIpc) is 2.94. The molecule has 4 rings (SSSR count). The predicted molar refractivity (Wildman–Crippen MR) is 148 cm³/mol. The zero-order valence-corrected chi connectivity index (χ0v) is 21.9. The number of methoxy groups -OCH3 is 1. The number of aldehydes is 1. The highest BCUT2D eigenvalue weighted by molar-refractivity contribution is 6.34. The van der Waals surface area contributed by atoms with Crippen molar-refractivity contribution in [1.82, 2.24) is 4.90 Å². The molecule has 2 amide bonds. The number of anilines is 2. The third kappa shape index (κ3) is 7.12. The van der Waals surface area contributed by atoms with E-state index in [1.165, 1.54) is 19.2 Å². The standard InChI is InChI=1S/C29H30ClN3O5/c1-37-27-18-26(24(30)17-21(27)19-34)31-28(35)13-16-33-14-11-22(12-15-33)38-29(36)32-25-10-6-5-9-23(25)20-7-3-2-4-8-20/h2-10,17-19,22H,11-16H2,1H3,(H,31,35)(H,32,36). The van der Waals surface area contributed by atoms with E-state index in [2.05, 4.69) is 15.5 Å². The zero-order chi connectivity index (χ0) is 26.9. The minimum Gasteiger partial charge on any atom is -0.496 e. The molecular formula is C29H30ClN3O5. The van der Waals surface area contributed by atoms with Gasteiger partial charge in [-0.3, -0.25) is 14.9 Å². The Bertz CT molecular complexity index is 1280. The fourth-order valence-corrected chi connectivity index (χ4v) is 4.63. The summed E-state index contributed by atoms with van der Waals surface area (Å²) in [5.74, 6) is 0.150. The summed E-state index contributed by atoms with van der Waals surface area (Å²) < 4.78 is 10.9. The molecule has 38 heavy (non-hydrogen) atoms. The molecule has 0 bridgehead atoms. The topological polar surface area (TPSA) is 97.0 Å². The van der Waals surface area contributed by atoms with Gasteiger partial charge in [-0.05, 0) is 30.5 Å². The van der Waals surface area contributed by atoms with Crippen LogP contribution in [0.2, 0.25) is 5.02 Å². The maximum Gasteiger partial charge on any atom is 0.411 e. The van der Waals surface area contributed by atoms with Crippen molar-refractivity contribution < 1.29 is 23.9 Å². The van der Waals surface area contributed by atoms with Crippen LogP contribution < -0.4 is 15.4 Å². The Kier molecular flexibility index (Phi) is 9.35. The molecule has 3 aromatic rings. The van der Waals surface area contributed by atoms with E-state index >= 15 is 0 Å². The lowest BCUT2D eigenvalue weighted by atomic mass is 10.0. The molecule has 0 aromatic heterocycles. The van der Waals surface area contributed by atoms with Crippen LogP contribution in [-0.4, -0.2) is 56.0 Å². The molecule has 1 fully saturated rings. The predicted octanol–water partition coefficient (Wildman–Crippen LogP) is 5.87. The Morgan fingerprint density at radius 1 is 1.00 bits per heavy atom. The number of amides is 2. The van der Waals surface area contributed by atoms with Crippen molar-refractivity contribution in [1.29, 1.82) is 0 Å². The van der Waals surface area contributed by atoms with Crippen molar-refractivity contribution in [2.45, 2.75) is 25.4 Å². The van der Waals surface area contributed by atoms with Crippen molar-refractivity contribution in [3.63, 3.8) is 0 Å². The molecule has 0 unspecified atom stereocenters. The van der Waals surface area contributed by atoms with Crippen LogP contribution in [0.5, 0.6) is 5.75 Å². The number of hydrogen-bond donors (Lipinski definition) is 2. The molecule has 1 heterocycles. The van der Waals surface area contributed by atoms with Crippen molar-refractivity contribution in [2.24, 2.45) is 0 Å². The second-order valence-electron chi connectivity index (χ2n) is 8.97. The van der Waals surface area contributed by atoms with Gasteiger partial charge in [0, 0.05) is 37.7 Å². The second kappa shape index (κ2) is 13.1. The average molecular weight is 536 g/mol. The third-order valence-electron chi connectivity index (χ3n) is 6.43. The van der Waals surface area contributed by atoms with E-state index in [1.54, 1.807) is 0 Å². The van der Waals surface area contributed by atoms with Gasteiger partial charge in [-0.15, -0.1) is 0 Å². The quantitative estimate of drug-likeness (QED) is 0.333. The van der Waals surface area contributed by atoms with E-state index in [1.807, 2.05) is 54.6 Å². The maximum absolute atomic E-state index is 12.6. The Hall–Kier alpha value is -3.88. The molecule has 0 atom stereocenters. The fourth-order valence-electron chi connectivity index (χ4n) is 4.41. The lowest BCUT2D eigenvalue weighted by Gasteiger charge is -2.31. The van der Waals surface area contributed by atoms with Gasteiger partial charge in [0.2, 0.25) is 5.91 Å². The molecule has 2 N–H and O–H groups in total. The number of nitrogens with zero attached hydrogens (tertiary/aromatic N) is 1. The van der Waals surface area contributed by atoms with Gasteiger partial charge in [0.15, 0.2) is 6.29 Å². The van der Waals surface area contributed by atoms with Crippen molar-refractivity contribution in [3.05, 3.63) is 77.3 Å². The zero-order valence-electron chi connectivity index (χ0n) is 21.1. The molecular weight excluding hydrogens is 506 g/mol. The van der Waals surface area contributed by atoms with Crippen LogP contribution in [0.1, 0.15) is 29.6 Å². The summed E-state index contributed by atoms with van der Waals surface area (Å²) in [6.45, 7) is 2.00. The molecule has 3 aromatic carbocycles. The van der Waals surface area contributed by atoms with E-state index < -0.39 is 6.09 Å². The molecule has 0 saturated carbocycles. The van der Waals surface area contributed by atoms with Crippen LogP contribution >= 0.6 is 11.6 Å². The van der Waals surface area contributed by atoms with Crippen molar-refractivity contribution in [3.8, 4) is 16.9 Å². The van der Waals surface area contributed by atoms with E-state index in [4.69, 9.17) is 21.1 Å². The second-order valence-corrected chi connectivity index (χ2v) is 9.38. The molecule has 8 nitrogen and oxygen atoms in total. The number of carbonyl (C=O) groups is 3. The lowest BCUT2D eigenvalue weighted by Crippen LogP contribution is -2.39. The normalized spacial score (nSPS) is 13.9. The van der Waals surface area contributed by atoms with Gasteiger partial charge in [-0.25, -0.2) is 4.79 Å². The van der Waals surface area contributed by atoms with Crippen LogP contribution in [0.3, 0.4) is 0 Å². The molecule has 1 aliphatic heterocycles. The van der Waals surface area contributed by atoms with E-state index in [0.29, 0.717) is 61.4 Å². The third-order valence-corrected chi connectivity index (χ3v) is 6.75. The Morgan fingerprint density at radius 2 is 1.71 bits per heavy atom. The SMILES string of the molecule is COc1cc(NC(=O)CCN2CCC(OC(=O)Nc3ccccc3-c3ccccc3)CC2)c(Cl)cc1C=O. The highest BCUT2D eigenvalue weighted by Gasteiger charge is 2.23. The fraction of sp³-hybridized carbons (Fsp3) is 0.276. The highest BCUT2D eigenvalue weighted by atomic mass is 35.5. The molecule has 0 aliphatic carbocycles. The number of piperidine rings is 1. The number of likely N-dealkylation sites (tertiary alicyclic amines) is 1. The first kappa shape index (κ1) is 27.2. The van der Waals surface area contributed by atoms with Crippen molar-refractivity contribution >= 4 is 41.3 Å². The van der Waals surface area contributed by atoms with Gasteiger partial charge in [0.05, 0.1) is 29.1 Å². The molecule has 0 radical (unpaired) electrons. The molecule has 9 heteroatoms. The number of halogens is 1. The first-order valence-electron chi connectivity index (χ1n) is 12.4. The first-order valence-corrected chi connectivity index (χ1v) is 12.8. The monoisotopic (exact) mass is 535 g/mol. The van der Waals surface area contributed by atoms with E-state index in [9.17, 15) is 14.4 Å². The molecule has 0 spiro atoms. The van der Waals surface area contributed by atoms with Crippen LogP contribution in [0, 0.1) is 0 Å². The molecule has 1 saturated heterocycles. The number of nitrogens with one attached hydrogen (secondary N) is 2. The van der Waals surface area contributed by atoms with E-state index in [-0.39, 0.29) is 23.5 Å².